The van der Waals surface area contributed by atoms with Crippen molar-refractivity contribution in [2.24, 2.45) is 5.73 Å². The Kier molecular flexibility index (Phi) is 4.38. The normalized spacial score (nSPS) is 12.9. The second-order valence-corrected chi connectivity index (χ2v) is 4.44. The van der Waals surface area contributed by atoms with Crippen LogP contribution in [0, 0.1) is 0 Å². The topological polar surface area (TPSA) is 35.2 Å². The molecule has 1 rings (SSSR count). The van der Waals surface area contributed by atoms with Gasteiger partial charge in [0.1, 0.15) is 0 Å². The number of ether oxygens (including phenoxy) is 1. The molecule has 1 aromatic carbocycles. The summed E-state index contributed by atoms with van der Waals surface area (Å²) in [7, 11) is 1.65. The third-order valence-electron chi connectivity index (χ3n) is 1.72. The maximum Gasteiger partial charge on any atom is 0.0655 e. The van der Waals surface area contributed by atoms with Gasteiger partial charge < -0.3 is 10.5 Å². The van der Waals surface area contributed by atoms with Crippen molar-refractivity contribution in [3.8, 4) is 0 Å². The number of benzene rings is 1. The Balaban J connectivity index is 2.84. The zero-order chi connectivity index (χ0) is 9.84. The van der Waals surface area contributed by atoms with Gasteiger partial charge in [-0.2, -0.15) is 0 Å². The molecule has 0 heterocycles. The molecule has 0 spiro atoms. The maximum atomic E-state index is 5.86. The Morgan fingerprint density at radius 1 is 1.38 bits per heavy atom. The molecule has 0 amide bonds. The molecule has 0 aliphatic rings. The van der Waals surface area contributed by atoms with Gasteiger partial charge in [-0.05, 0) is 49.6 Å². The van der Waals surface area contributed by atoms with Crippen LogP contribution in [0.15, 0.2) is 27.1 Å². The number of nitrogens with two attached hydrogens (primary N) is 1. The Labute approximate surface area is 94.7 Å². The summed E-state index contributed by atoms with van der Waals surface area (Å²) in [5.74, 6) is 0. The van der Waals surface area contributed by atoms with Crippen LogP contribution in [-0.4, -0.2) is 13.7 Å². The van der Waals surface area contributed by atoms with Gasteiger partial charge in [0.15, 0.2) is 0 Å². The Morgan fingerprint density at radius 3 is 2.62 bits per heavy atom. The highest BCUT2D eigenvalue weighted by molar-refractivity contribution is 9.13. The predicted octanol–water partition coefficient (Wildman–Crippen LogP) is 2.86. The second-order valence-electron chi connectivity index (χ2n) is 2.74. The number of halogens is 2. The molecule has 0 bridgehead atoms. The van der Waals surface area contributed by atoms with Crippen molar-refractivity contribution in [2.45, 2.75) is 6.04 Å². The minimum absolute atomic E-state index is 0.0607. The average molecular weight is 309 g/mol. The Morgan fingerprint density at radius 2 is 2.08 bits per heavy atom. The molecule has 0 fully saturated rings. The molecule has 1 unspecified atom stereocenters. The molecule has 0 radical (unpaired) electrons. The van der Waals surface area contributed by atoms with Crippen molar-refractivity contribution >= 4 is 31.9 Å². The molecule has 4 heteroatoms. The van der Waals surface area contributed by atoms with E-state index in [1.165, 1.54) is 0 Å². The molecule has 0 aliphatic carbocycles. The number of hydrogen-bond donors (Lipinski definition) is 1. The lowest BCUT2D eigenvalue weighted by molar-refractivity contribution is 0.181. The summed E-state index contributed by atoms with van der Waals surface area (Å²) < 4.78 is 7.02. The van der Waals surface area contributed by atoms with Crippen LogP contribution < -0.4 is 5.73 Å². The number of methoxy groups -OCH3 is 1. The van der Waals surface area contributed by atoms with E-state index in [2.05, 4.69) is 31.9 Å². The fourth-order valence-corrected chi connectivity index (χ4v) is 1.66. The van der Waals surface area contributed by atoms with Crippen LogP contribution in [0.2, 0.25) is 0 Å². The lowest BCUT2D eigenvalue weighted by Gasteiger charge is -2.11. The summed E-state index contributed by atoms with van der Waals surface area (Å²) in [5.41, 5.74) is 6.93. The van der Waals surface area contributed by atoms with E-state index < -0.39 is 0 Å². The zero-order valence-corrected chi connectivity index (χ0v) is 10.4. The van der Waals surface area contributed by atoms with Gasteiger partial charge in [-0.1, -0.05) is 6.07 Å². The van der Waals surface area contributed by atoms with Crippen molar-refractivity contribution in [3.05, 3.63) is 32.7 Å². The van der Waals surface area contributed by atoms with Gasteiger partial charge in [0.05, 0.1) is 12.6 Å². The summed E-state index contributed by atoms with van der Waals surface area (Å²) in [6.07, 6.45) is 0. The molecule has 2 nitrogen and oxygen atoms in total. The third-order valence-corrected chi connectivity index (χ3v) is 3.60. The van der Waals surface area contributed by atoms with Crippen LogP contribution in [0.5, 0.6) is 0 Å². The molecule has 2 N–H and O–H groups in total. The van der Waals surface area contributed by atoms with E-state index >= 15 is 0 Å². The predicted molar refractivity (Wildman–Crippen MR) is 60.6 cm³/mol. The first-order valence-corrected chi connectivity index (χ1v) is 5.43. The lowest BCUT2D eigenvalue weighted by atomic mass is 10.1. The van der Waals surface area contributed by atoms with Crippen molar-refractivity contribution in [1.29, 1.82) is 0 Å². The molecule has 0 aromatic heterocycles. The maximum absolute atomic E-state index is 5.86. The summed E-state index contributed by atoms with van der Waals surface area (Å²) in [5, 5.41) is 0. The average Bonchev–Trinajstić information content (AvgIpc) is 2.10. The van der Waals surface area contributed by atoms with E-state index in [1.807, 2.05) is 18.2 Å². The summed E-state index contributed by atoms with van der Waals surface area (Å²) in [6.45, 7) is 0.536. The molecule has 72 valence electrons. The van der Waals surface area contributed by atoms with Gasteiger partial charge in [-0.15, -0.1) is 0 Å². The van der Waals surface area contributed by atoms with Gasteiger partial charge >= 0.3 is 0 Å². The smallest absolute Gasteiger partial charge is 0.0655 e. The standard InChI is InChI=1S/C9H11Br2NO/c1-13-5-9(12)6-2-3-7(10)8(11)4-6/h2-4,9H,5,12H2,1H3. The Hall–Kier alpha value is 0.1000. The minimum atomic E-state index is -0.0607. The van der Waals surface area contributed by atoms with Crippen LogP contribution in [0.1, 0.15) is 11.6 Å². The van der Waals surface area contributed by atoms with Crippen LogP contribution in [-0.2, 0) is 4.74 Å². The van der Waals surface area contributed by atoms with Gasteiger partial charge in [0, 0.05) is 16.1 Å². The minimum Gasteiger partial charge on any atom is -0.383 e. The molecule has 0 saturated heterocycles. The number of hydrogen-bond acceptors (Lipinski definition) is 2. The highest BCUT2D eigenvalue weighted by Crippen LogP contribution is 2.25. The van der Waals surface area contributed by atoms with Crippen LogP contribution in [0.25, 0.3) is 0 Å². The van der Waals surface area contributed by atoms with Crippen molar-refractivity contribution in [3.63, 3.8) is 0 Å². The van der Waals surface area contributed by atoms with Gasteiger partial charge in [-0.25, -0.2) is 0 Å². The molecule has 13 heavy (non-hydrogen) atoms. The first kappa shape index (κ1) is 11.2. The number of rotatable bonds is 3. The fraction of sp³-hybridized carbons (Fsp3) is 0.333. The Bertz CT molecular complexity index is 291. The highest BCUT2D eigenvalue weighted by Gasteiger charge is 2.06. The summed E-state index contributed by atoms with van der Waals surface area (Å²) >= 11 is 6.82. The molecule has 1 atom stereocenters. The molecular weight excluding hydrogens is 298 g/mol. The summed E-state index contributed by atoms with van der Waals surface area (Å²) in [6, 6.07) is 5.88. The van der Waals surface area contributed by atoms with Crippen molar-refractivity contribution < 1.29 is 4.74 Å². The zero-order valence-electron chi connectivity index (χ0n) is 7.26. The first-order chi connectivity index (χ1) is 6.15. The molecule has 0 saturated carbocycles. The van der Waals surface area contributed by atoms with E-state index in [-0.39, 0.29) is 6.04 Å². The molecular formula is C9H11Br2NO. The van der Waals surface area contributed by atoms with Crippen LogP contribution in [0.4, 0.5) is 0 Å². The largest absolute Gasteiger partial charge is 0.383 e. The van der Waals surface area contributed by atoms with Gasteiger partial charge in [0.2, 0.25) is 0 Å². The van der Waals surface area contributed by atoms with Gasteiger partial charge in [-0.3, -0.25) is 0 Å². The van der Waals surface area contributed by atoms with E-state index in [1.54, 1.807) is 7.11 Å². The molecule has 0 aliphatic heterocycles. The van der Waals surface area contributed by atoms with Crippen LogP contribution >= 0.6 is 31.9 Å². The van der Waals surface area contributed by atoms with E-state index in [0.717, 1.165) is 14.5 Å². The van der Waals surface area contributed by atoms with Crippen LogP contribution in [0.3, 0.4) is 0 Å². The van der Waals surface area contributed by atoms with Gasteiger partial charge in [0.25, 0.3) is 0 Å². The fourth-order valence-electron chi connectivity index (χ4n) is 1.02. The molecule has 1 aromatic rings. The van der Waals surface area contributed by atoms with E-state index in [4.69, 9.17) is 10.5 Å². The highest BCUT2D eigenvalue weighted by atomic mass is 79.9. The van der Waals surface area contributed by atoms with E-state index in [0.29, 0.717) is 6.61 Å². The quantitative estimate of drug-likeness (QED) is 0.932. The monoisotopic (exact) mass is 307 g/mol. The second kappa shape index (κ2) is 5.10. The van der Waals surface area contributed by atoms with Crippen molar-refractivity contribution in [2.75, 3.05) is 13.7 Å². The van der Waals surface area contributed by atoms with E-state index in [9.17, 15) is 0 Å². The van der Waals surface area contributed by atoms with Crippen molar-refractivity contribution in [1.82, 2.24) is 0 Å². The lowest BCUT2D eigenvalue weighted by Crippen LogP contribution is -2.15. The first-order valence-electron chi connectivity index (χ1n) is 3.84. The SMILES string of the molecule is COCC(N)c1ccc(Br)c(Br)c1. The third kappa shape index (κ3) is 3.06. The summed E-state index contributed by atoms with van der Waals surface area (Å²) in [4.78, 5) is 0.